The SMILES string of the molecule is Cc1ccc2c(c1)C1(CCN(C3CC4CCC3C4)CC1)CN2C(=O)c1cc(C)n(C)n1. The second-order valence-corrected chi connectivity index (χ2v) is 10.8. The molecule has 6 rings (SSSR count). The Morgan fingerprint density at radius 2 is 1.90 bits per heavy atom. The van der Waals surface area contributed by atoms with Crippen LogP contribution in [0.5, 0.6) is 0 Å². The lowest BCUT2D eigenvalue weighted by atomic mass is 9.73. The van der Waals surface area contributed by atoms with Crippen LogP contribution in [-0.2, 0) is 12.5 Å². The molecule has 2 saturated carbocycles. The fourth-order valence-electron chi connectivity index (χ4n) is 7.14. The topological polar surface area (TPSA) is 41.4 Å². The normalized spacial score (nSPS) is 29.1. The predicted molar refractivity (Wildman–Crippen MR) is 123 cm³/mol. The molecule has 1 saturated heterocycles. The molecule has 1 aromatic heterocycles. The van der Waals surface area contributed by atoms with Crippen molar-refractivity contribution in [3.63, 3.8) is 0 Å². The van der Waals surface area contributed by atoms with Gasteiger partial charge in [-0.3, -0.25) is 9.48 Å². The van der Waals surface area contributed by atoms with Crippen LogP contribution in [0.25, 0.3) is 0 Å². The highest BCUT2D eigenvalue weighted by Crippen LogP contribution is 2.51. The number of piperidine rings is 1. The molecule has 4 aliphatic rings. The van der Waals surface area contributed by atoms with E-state index in [2.05, 4.69) is 35.1 Å². The minimum atomic E-state index is 0.0428. The average molecular weight is 419 g/mol. The first kappa shape index (κ1) is 19.5. The smallest absolute Gasteiger partial charge is 0.278 e. The molecule has 31 heavy (non-hydrogen) atoms. The molecule has 2 aliphatic carbocycles. The number of anilines is 1. The Morgan fingerprint density at radius 3 is 2.55 bits per heavy atom. The Morgan fingerprint density at radius 1 is 1.10 bits per heavy atom. The molecule has 5 nitrogen and oxygen atoms in total. The molecule has 1 spiro atoms. The maximum Gasteiger partial charge on any atom is 0.278 e. The molecule has 2 bridgehead atoms. The van der Waals surface area contributed by atoms with Gasteiger partial charge in [0.05, 0.1) is 0 Å². The van der Waals surface area contributed by atoms with Gasteiger partial charge in [0.15, 0.2) is 5.69 Å². The number of aromatic nitrogens is 2. The van der Waals surface area contributed by atoms with Crippen molar-refractivity contribution in [3.05, 3.63) is 46.8 Å². The number of hydrogen-bond donors (Lipinski definition) is 0. The summed E-state index contributed by atoms with van der Waals surface area (Å²) in [5.74, 6) is 1.99. The standard InChI is InChI=1S/C26H34N4O/c1-17-4-7-23-21(12-17)26(16-30(23)25(31)22-13-18(2)28(3)27-22)8-10-29(11-9-26)24-15-19-5-6-20(24)14-19/h4,7,12-13,19-20,24H,5-6,8-11,14-16H2,1-3H3. The summed E-state index contributed by atoms with van der Waals surface area (Å²) in [5, 5.41) is 4.48. The highest BCUT2D eigenvalue weighted by Gasteiger charge is 2.49. The van der Waals surface area contributed by atoms with Gasteiger partial charge in [-0.15, -0.1) is 0 Å². The van der Waals surface area contributed by atoms with Gasteiger partial charge < -0.3 is 9.80 Å². The number of carbonyl (C=O) groups excluding carboxylic acids is 1. The third kappa shape index (κ3) is 3.00. The van der Waals surface area contributed by atoms with Crippen molar-refractivity contribution in [1.29, 1.82) is 0 Å². The number of benzene rings is 1. The van der Waals surface area contributed by atoms with E-state index in [0.717, 1.165) is 48.6 Å². The van der Waals surface area contributed by atoms with Crippen molar-refractivity contribution < 1.29 is 4.79 Å². The summed E-state index contributed by atoms with van der Waals surface area (Å²) in [6.07, 6.45) is 8.13. The Balaban J connectivity index is 1.27. The highest BCUT2D eigenvalue weighted by atomic mass is 16.2. The molecule has 2 aliphatic heterocycles. The summed E-state index contributed by atoms with van der Waals surface area (Å²) in [6.45, 7) is 7.31. The van der Waals surface area contributed by atoms with Crippen molar-refractivity contribution >= 4 is 11.6 Å². The van der Waals surface area contributed by atoms with E-state index >= 15 is 0 Å². The van der Waals surface area contributed by atoms with Gasteiger partial charge in [0.25, 0.3) is 5.91 Å². The van der Waals surface area contributed by atoms with Gasteiger partial charge in [0.2, 0.25) is 0 Å². The van der Waals surface area contributed by atoms with Crippen molar-refractivity contribution in [2.75, 3.05) is 24.5 Å². The van der Waals surface area contributed by atoms with Gasteiger partial charge in [-0.05, 0) is 88.6 Å². The zero-order valence-corrected chi connectivity index (χ0v) is 19.1. The third-order valence-corrected chi connectivity index (χ3v) is 8.98. The molecule has 2 aromatic rings. The minimum Gasteiger partial charge on any atom is -0.306 e. The summed E-state index contributed by atoms with van der Waals surface area (Å²) in [5.41, 5.74) is 5.45. The van der Waals surface area contributed by atoms with E-state index < -0.39 is 0 Å². The van der Waals surface area contributed by atoms with Crippen LogP contribution >= 0.6 is 0 Å². The number of fused-ring (bicyclic) bond motifs is 4. The van der Waals surface area contributed by atoms with Crippen molar-refractivity contribution in [1.82, 2.24) is 14.7 Å². The number of carbonyl (C=O) groups is 1. The molecular weight excluding hydrogens is 384 g/mol. The molecule has 164 valence electrons. The number of amides is 1. The first-order chi connectivity index (χ1) is 14.9. The molecule has 3 atom stereocenters. The summed E-state index contributed by atoms with van der Waals surface area (Å²) in [6, 6.07) is 9.39. The first-order valence-corrected chi connectivity index (χ1v) is 12.1. The van der Waals surface area contributed by atoms with Crippen LogP contribution in [0.3, 0.4) is 0 Å². The Kier molecular flexibility index (Phi) is 4.37. The molecule has 5 heteroatoms. The number of aryl methyl sites for hydroxylation is 3. The lowest BCUT2D eigenvalue weighted by molar-refractivity contribution is 0.0846. The van der Waals surface area contributed by atoms with E-state index in [1.165, 1.54) is 49.9 Å². The fraction of sp³-hybridized carbons (Fsp3) is 0.615. The van der Waals surface area contributed by atoms with Crippen LogP contribution in [0.1, 0.15) is 65.8 Å². The molecular formula is C26H34N4O. The van der Waals surface area contributed by atoms with E-state index in [0.29, 0.717) is 5.69 Å². The average Bonchev–Trinajstić information content (AvgIpc) is 3.53. The van der Waals surface area contributed by atoms with E-state index in [1.54, 1.807) is 4.68 Å². The second kappa shape index (κ2) is 6.93. The summed E-state index contributed by atoms with van der Waals surface area (Å²) < 4.78 is 1.79. The van der Waals surface area contributed by atoms with Gasteiger partial charge in [-0.1, -0.05) is 24.1 Å². The van der Waals surface area contributed by atoms with Crippen LogP contribution in [0.2, 0.25) is 0 Å². The molecule has 0 radical (unpaired) electrons. The number of rotatable bonds is 2. The third-order valence-electron chi connectivity index (χ3n) is 8.98. The quantitative estimate of drug-likeness (QED) is 0.733. The van der Waals surface area contributed by atoms with Gasteiger partial charge in [-0.2, -0.15) is 5.10 Å². The summed E-state index contributed by atoms with van der Waals surface area (Å²) in [7, 11) is 1.90. The fourth-order valence-corrected chi connectivity index (χ4v) is 7.14. The molecule has 3 heterocycles. The Labute approximate surface area is 185 Å². The summed E-state index contributed by atoms with van der Waals surface area (Å²) >= 11 is 0. The predicted octanol–water partition coefficient (Wildman–Crippen LogP) is 4.22. The van der Waals surface area contributed by atoms with Crippen molar-refractivity contribution in [2.45, 2.75) is 63.8 Å². The van der Waals surface area contributed by atoms with Crippen LogP contribution in [0, 0.1) is 25.7 Å². The van der Waals surface area contributed by atoms with Crippen molar-refractivity contribution in [3.8, 4) is 0 Å². The number of hydrogen-bond acceptors (Lipinski definition) is 3. The number of nitrogens with zero attached hydrogens (tertiary/aromatic N) is 4. The second-order valence-electron chi connectivity index (χ2n) is 10.8. The summed E-state index contributed by atoms with van der Waals surface area (Å²) in [4.78, 5) is 18.3. The zero-order chi connectivity index (χ0) is 21.3. The van der Waals surface area contributed by atoms with Crippen LogP contribution in [-0.4, -0.2) is 46.3 Å². The number of likely N-dealkylation sites (tertiary alicyclic amines) is 1. The van der Waals surface area contributed by atoms with E-state index in [9.17, 15) is 4.79 Å². The van der Waals surface area contributed by atoms with Crippen LogP contribution < -0.4 is 4.90 Å². The van der Waals surface area contributed by atoms with Crippen molar-refractivity contribution in [2.24, 2.45) is 18.9 Å². The van der Waals surface area contributed by atoms with Gasteiger partial charge in [-0.25, -0.2) is 0 Å². The lowest BCUT2D eigenvalue weighted by Gasteiger charge is -2.44. The molecule has 0 N–H and O–H groups in total. The lowest BCUT2D eigenvalue weighted by Crippen LogP contribution is -2.50. The molecule has 1 aromatic carbocycles. The highest BCUT2D eigenvalue weighted by molar-refractivity contribution is 6.06. The Hall–Kier alpha value is -2.14. The Bertz CT molecular complexity index is 1010. The van der Waals surface area contributed by atoms with Gasteiger partial charge in [0.1, 0.15) is 0 Å². The maximum atomic E-state index is 13.5. The largest absolute Gasteiger partial charge is 0.306 e. The van der Waals surface area contributed by atoms with Gasteiger partial charge in [0, 0.05) is 36.4 Å². The maximum absolute atomic E-state index is 13.5. The first-order valence-electron chi connectivity index (χ1n) is 12.1. The zero-order valence-electron chi connectivity index (χ0n) is 19.1. The monoisotopic (exact) mass is 418 g/mol. The van der Waals surface area contributed by atoms with Gasteiger partial charge >= 0.3 is 0 Å². The van der Waals surface area contributed by atoms with Crippen LogP contribution in [0.4, 0.5) is 5.69 Å². The molecule has 3 fully saturated rings. The molecule has 3 unspecified atom stereocenters. The van der Waals surface area contributed by atoms with E-state index in [-0.39, 0.29) is 11.3 Å². The van der Waals surface area contributed by atoms with E-state index in [4.69, 9.17) is 0 Å². The minimum absolute atomic E-state index is 0.0428. The van der Waals surface area contributed by atoms with Crippen LogP contribution in [0.15, 0.2) is 24.3 Å². The molecule has 1 amide bonds. The van der Waals surface area contributed by atoms with E-state index in [1.807, 2.05) is 24.9 Å².